The van der Waals surface area contributed by atoms with Gasteiger partial charge >= 0.3 is 6.09 Å². The zero-order chi connectivity index (χ0) is 36.7. The third kappa shape index (κ3) is 7.75. The van der Waals surface area contributed by atoms with Crippen molar-refractivity contribution in [2.45, 2.75) is 94.7 Å². The van der Waals surface area contributed by atoms with E-state index in [2.05, 4.69) is 20.3 Å². The molecule has 0 bridgehead atoms. The van der Waals surface area contributed by atoms with Crippen LogP contribution in [0.5, 0.6) is 11.6 Å². The lowest BCUT2D eigenvalue weighted by Gasteiger charge is -2.32. The van der Waals surface area contributed by atoms with E-state index < -0.39 is 80.5 Å². The smallest absolute Gasteiger partial charge is 0.405 e. The first-order chi connectivity index (χ1) is 24.2. The van der Waals surface area contributed by atoms with Gasteiger partial charge in [-0.15, -0.1) is 0 Å². The van der Waals surface area contributed by atoms with E-state index in [0.29, 0.717) is 36.5 Å². The maximum absolute atomic E-state index is 14.9. The van der Waals surface area contributed by atoms with Crippen molar-refractivity contribution in [3.05, 3.63) is 42.4 Å². The molecule has 0 spiro atoms. The number of halogens is 1. The first-order valence-corrected chi connectivity index (χ1v) is 19.0. The lowest BCUT2D eigenvalue weighted by Crippen LogP contribution is -2.59. The Balaban J connectivity index is 1.33. The fourth-order valence-corrected chi connectivity index (χ4v) is 8.66. The lowest BCUT2D eigenvalue weighted by atomic mass is 9.88. The Kier molecular flexibility index (Phi) is 10.2. The Morgan fingerprint density at radius 1 is 1.18 bits per heavy atom. The number of fused-ring (bicyclic) bond motifs is 3. The number of hydrogen-bond donors (Lipinski definition) is 4. The number of pyridine rings is 1. The number of benzene rings is 1. The molecule has 0 unspecified atom stereocenters. The molecule has 0 radical (unpaired) electrons. The van der Waals surface area contributed by atoms with Crippen LogP contribution in [0.2, 0.25) is 0 Å². The summed E-state index contributed by atoms with van der Waals surface area (Å²) in [5.74, 6) is -3.52. The Morgan fingerprint density at radius 2 is 1.94 bits per heavy atom. The van der Waals surface area contributed by atoms with E-state index in [0.717, 1.165) is 6.42 Å². The number of rotatable bonds is 8. The highest BCUT2D eigenvalue weighted by atomic mass is 32.2. The molecule has 1 aromatic heterocycles. The van der Waals surface area contributed by atoms with Gasteiger partial charge < -0.3 is 30.1 Å². The van der Waals surface area contributed by atoms with Crippen molar-refractivity contribution in [3.8, 4) is 11.6 Å². The molecule has 4 amide bonds. The summed E-state index contributed by atoms with van der Waals surface area (Å²) >= 11 is 0. The first-order valence-electron chi connectivity index (χ1n) is 17.4. The average Bonchev–Trinajstić information content (AvgIpc) is 3.99. The van der Waals surface area contributed by atoms with Crippen molar-refractivity contribution >= 4 is 44.6 Å². The van der Waals surface area contributed by atoms with Crippen molar-refractivity contribution in [1.82, 2.24) is 25.2 Å². The van der Waals surface area contributed by atoms with Crippen LogP contribution in [0.25, 0.3) is 10.8 Å². The van der Waals surface area contributed by atoms with Gasteiger partial charge in [0.2, 0.25) is 27.7 Å². The van der Waals surface area contributed by atoms with Gasteiger partial charge in [0.15, 0.2) is 11.6 Å². The Hall–Kier alpha value is -4.47. The van der Waals surface area contributed by atoms with Crippen LogP contribution in [0.15, 0.2) is 36.5 Å². The standard InChI is InChI=1S/C35H44FN5O9S/c1-4-49-28-14-21-11-12-37-31(25(21)16-26(28)36)50-23-15-27-30(42)39-35(33(44)40-51(47,48)24-9-10-24)17-22(35)8-6-5-7-19(2)13-20(3)29(38-34(45)46)32(43)41(27)18-23/h6,8,11-12,14,16,19-20,22-24,27,29,38H,4-5,7,9-10,13,15,17-18H2,1-3H3,(H,39,42)(H,40,44)(H,45,46)/b8-6-/t19-,20+,22+,23+,27-,29-,35+/m0/s1. The van der Waals surface area contributed by atoms with Gasteiger partial charge in [0.05, 0.1) is 18.4 Å². The van der Waals surface area contributed by atoms with Crippen LogP contribution in [0.4, 0.5) is 9.18 Å². The van der Waals surface area contributed by atoms with Gasteiger partial charge in [-0.1, -0.05) is 26.0 Å². The number of hydrogen-bond acceptors (Lipinski definition) is 9. The summed E-state index contributed by atoms with van der Waals surface area (Å²) in [6, 6.07) is 2.01. The van der Waals surface area contributed by atoms with Crippen LogP contribution in [0.3, 0.4) is 0 Å². The SMILES string of the molecule is CCOc1cc2ccnc(O[C@@H]3C[C@H]4C(=O)N[C@]5(C(=O)NS(=O)(=O)C6CC6)C[C@H]5/C=C\CC[C@H](C)C[C@@H](C)[C@H](NC(=O)O)C(=O)N4C3)c2cc1F. The van der Waals surface area contributed by atoms with E-state index in [9.17, 15) is 37.1 Å². The van der Waals surface area contributed by atoms with Crippen LogP contribution >= 0.6 is 0 Å². The van der Waals surface area contributed by atoms with Crippen molar-refractivity contribution in [1.29, 1.82) is 0 Å². The molecule has 4 aliphatic rings. The topological polar surface area (TPSA) is 193 Å². The predicted molar refractivity (Wildman–Crippen MR) is 183 cm³/mol. The van der Waals surface area contributed by atoms with E-state index in [1.165, 1.54) is 23.2 Å². The van der Waals surface area contributed by atoms with Gasteiger partial charge in [-0.3, -0.25) is 19.1 Å². The summed E-state index contributed by atoms with van der Waals surface area (Å²) in [5.41, 5.74) is -1.56. The monoisotopic (exact) mass is 729 g/mol. The van der Waals surface area contributed by atoms with Gasteiger partial charge in [-0.05, 0) is 80.9 Å². The predicted octanol–water partition coefficient (Wildman–Crippen LogP) is 3.25. The first kappa shape index (κ1) is 36.3. The Morgan fingerprint density at radius 3 is 2.65 bits per heavy atom. The molecule has 2 aromatic rings. The van der Waals surface area contributed by atoms with Crippen molar-refractivity contribution in [2.24, 2.45) is 17.8 Å². The van der Waals surface area contributed by atoms with Gasteiger partial charge in [-0.25, -0.2) is 22.6 Å². The number of carbonyl (C=O) groups is 4. The van der Waals surface area contributed by atoms with Gasteiger partial charge in [0.1, 0.15) is 23.7 Å². The molecule has 2 saturated carbocycles. The second-order valence-electron chi connectivity index (χ2n) is 14.2. The van der Waals surface area contributed by atoms with Crippen LogP contribution in [0.1, 0.15) is 65.7 Å². The van der Waals surface area contributed by atoms with Gasteiger partial charge in [0.25, 0.3) is 5.91 Å². The summed E-state index contributed by atoms with van der Waals surface area (Å²) < 4.78 is 54.3. The minimum Gasteiger partial charge on any atom is -0.491 e. The summed E-state index contributed by atoms with van der Waals surface area (Å²) in [4.78, 5) is 59.7. The van der Waals surface area contributed by atoms with E-state index in [1.54, 1.807) is 19.9 Å². The number of aromatic nitrogens is 1. The van der Waals surface area contributed by atoms with Crippen LogP contribution in [0, 0.1) is 23.6 Å². The number of sulfonamides is 1. The zero-order valence-electron chi connectivity index (χ0n) is 28.8. The van der Waals surface area contributed by atoms with Crippen molar-refractivity contribution in [2.75, 3.05) is 13.2 Å². The largest absolute Gasteiger partial charge is 0.491 e. The number of amides is 4. The molecule has 6 rings (SSSR count). The minimum atomic E-state index is -3.92. The van der Waals surface area contributed by atoms with E-state index in [1.807, 2.05) is 19.1 Å². The van der Waals surface area contributed by atoms with Crippen molar-refractivity contribution < 1.29 is 46.6 Å². The summed E-state index contributed by atoms with van der Waals surface area (Å²) in [6.07, 6.45) is 5.80. The van der Waals surface area contributed by atoms with Crippen molar-refractivity contribution in [3.63, 3.8) is 0 Å². The Bertz CT molecular complexity index is 1850. The third-order valence-corrected chi connectivity index (χ3v) is 12.1. The number of ether oxygens (including phenoxy) is 2. The number of allylic oxidation sites excluding steroid dienone is 1. The Labute approximate surface area is 295 Å². The number of nitrogens with zero attached hydrogens (tertiary/aromatic N) is 2. The van der Waals surface area contributed by atoms with Gasteiger partial charge in [0, 0.05) is 23.9 Å². The molecular formula is C35H44FN5O9S. The minimum absolute atomic E-state index is 0.0611. The maximum Gasteiger partial charge on any atom is 0.405 e. The normalized spacial score (nSPS) is 30.5. The molecule has 3 fully saturated rings. The molecular weight excluding hydrogens is 685 g/mol. The fourth-order valence-electron chi connectivity index (χ4n) is 7.30. The van der Waals surface area contributed by atoms with Gasteiger partial charge in [-0.2, -0.15) is 0 Å². The fraction of sp³-hybridized carbons (Fsp3) is 0.571. The number of carbonyl (C=O) groups excluding carboxylic acids is 3. The second-order valence-corrected chi connectivity index (χ2v) is 16.2. The van der Waals surface area contributed by atoms with E-state index >= 15 is 0 Å². The van der Waals surface area contributed by atoms with Crippen LogP contribution in [-0.2, 0) is 24.4 Å². The summed E-state index contributed by atoms with van der Waals surface area (Å²) in [5, 5.41) is 15.1. The molecule has 7 atom stereocenters. The molecule has 2 aliphatic carbocycles. The highest BCUT2D eigenvalue weighted by molar-refractivity contribution is 7.91. The molecule has 1 saturated heterocycles. The highest BCUT2D eigenvalue weighted by Gasteiger charge is 2.62. The molecule has 14 nitrogen and oxygen atoms in total. The molecule has 3 heterocycles. The van der Waals surface area contributed by atoms with Crippen LogP contribution in [-0.4, -0.2) is 89.4 Å². The van der Waals surface area contributed by atoms with E-state index in [-0.39, 0.29) is 43.5 Å². The second kappa shape index (κ2) is 14.3. The molecule has 4 N–H and O–H groups in total. The maximum atomic E-state index is 14.9. The lowest BCUT2D eigenvalue weighted by molar-refractivity contribution is -0.142. The number of nitrogens with one attached hydrogen (secondary N) is 3. The van der Waals surface area contributed by atoms with E-state index in [4.69, 9.17) is 9.47 Å². The summed E-state index contributed by atoms with van der Waals surface area (Å²) in [7, 11) is -3.92. The molecule has 51 heavy (non-hydrogen) atoms. The third-order valence-electron chi connectivity index (χ3n) is 10.3. The summed E-state index contributed by atoms with van der Waals surface area (Å²) in [6.45, 7) is 5.64. The van der Waals surface area contributed by atoms with Crippen LogP contribution < -0.4 is 24.8 Å². The zero-order valence-corrected chi connectivity index (χ0v) is 29.6. The highest BCUT2D eigenvalue weighted by Crippen LogP contribution is 2.46. The average molecular weight is 730 g/mol. The molecule has 2 aliphatic heterocycles. The molecule has 1 aromatic carbocycles. The molecule has 276 valence electrons. The molecule has 16 heteroatoms. The number of carboxylic acid groups (broad SMARTS) is 1. The quantitative estimate of drug-likeness (QED) is 0.293.